The van der Waals surface area contributed by atoms with Crippen LogP contribution in [-0.4, -0.2) is 0 Å². The van der Waals surface area contributed by atoms with Crippen LogP contribution in [0.2, 0.25) is 0 Å². The summed E-state index contributed by atoms with van der Waals surface area (Å²) in [6.07, 6.45) is 2.52. The van der Waals surface area contributed by atoms with Crippen LogP contribution in [0.1, 0.15) is 28.5 Å². The quantitative estimate of drug-likeness (QED) is 0.193. The Hall–Kier alpha value is -5.92. The number of hydrogen-bond donors (Lipinski definition) is 0. The zero-order valence-corrected chi connectivity index (χ0v) is 25.6. The van der Waals surface area contributed by atoms with Crippen LogP contribution in [0.25, 0.3) is 66.2 Å². The topological polar surface area (TPSA) is 9.23 Å². The molecule has 1 nitrogen and oxygen atoms in total. The number of rotatable bonds is 2. The van der Waals surface area contributed by atoms with Gasteiger partial charge in [-0.1, -0.05) is 146 Å². The maximum atomic E-state index is 6.44. The highest BCUT2D eigenvalue weighted by molar-refractivity contribution is 6.14. The fourth-order valence-electron chi connectivity index (χ4n) is 8.98. The van der Waals surface area contributed by atoms with Crippen molar-refractivity contribution in [3.63, 3.8) is 0 Å². The smallest absolute Gasteiger partial charge is 0.135 e. The Morgan fingerprint density at radius 1 is 0.404 bits per heavy atom. The highest BCUT2D eigenvalue weighted by Gasteiger charge is 2.38. The average Bonchev–Trinajstić information content (AvgIpc) is 3.45. The molecule has 2 aliphatic carbocycles. The summed E-state index contributed by atoms with van der Waals surface area (Å²) >= 11 is 0. The predicted octanol–water partition coefficient (Wildman–Crippen LogP) is 10.5. The lowest BCUT2D eigenvalue weighted by molar-refractivity contribution is 0.487. The summed E-state index contributed by atoms with van der Waals surface area (Å²) in [5.74, 6) is 2.41. The molecule has 1 heterocycles. The van der Waals surface area contributed by atoms with Crippen LogP contribution in [0.3, 0.4) is 0 Å². The lowest BCUT2D eigenvalue weighted by Crippen LogP contribution is -2.34. The van der Waals surface area contributed by atoms with E-state index < -0.39 is 0 Å². The van der Waals surface area contributed by atoms with E-state index in [1.807, 2.05) is 6.07 Å². The molecule has 0 bridgehead atoms. The normalized spacial score (nSPS) is 16.8. The second kappa shape index (κ2) is 9.31. The summed E-state index contributed by atoms with van der Waals surface area (Å²) in [6, 6.07) is 55.9. The van der Waals surface area contributed by atoms with Gasteiger partial charge in [0.15, 0.2) is 0 Å². The maximum Gasteiger partial charge on any atom is 0.135 e. The van der Waals surface area contributed by atoms with Crippen molar-refractivity contribution < 1.29 is 4.74 Å². The van der Waals surface area contributed by atoms with E-state index in [1.165, 1.54) is 81.7 Å². The first kappa shape index (κ1) is 25.3. The lowest BCUT2D eigenvalue weighted by atomic mass is 9.75. The predicted molar refractivity (Wildman–Crippen MR) is 194 cm³/mol. The molecule has 0 N–H and O–H groups in total. The fourth-order valence-corrected chi connectivity index (χ4v) is 8.98. The van der Waals surface area contributed by atoms with Crippen LogP contribution in [0, 0.1) is 0 Å². The molecule has 0 saturated carbocycles. The molecule has 0 radical (unpaired) electrons. The van der Waals surface area contributed by atoms with Crippen LogP contribution in [-0.2, 0) is 0 Å². The van der Waals surface area contributed by atoms with Gasteiger partial charge < -0.3 is 4.74 Å². The molecule has 2 atom stereocenters. The second-order valence-electron chi connectivity index (χ2n) is 13.1. The highest BCUT2D eigenvalue weighted by Crippen LogP contribution is 2.54. The van der Waals surface area contributed by atoms with Gasteiger partial charge in [0.1, 0.15) is 11.5 Å². The van der Waals surface area contributed by atoms with E-state index in [0.717, 1.165) is 17.1 Å². The Morgan fingerprint density at radius 3 is 1.98 bits per heavy atom. The number of ether oxygens (including phenoxy) is 1. The van der Waals surface area contributed by atoms with Crippen LogP contribution >= 0.6 is 0 Å². The van der Waals surface area contributed by atoms with Crippen LogP contribution < -0.4 is 15.2 Å². The number of fused-ring (bicyclic) bond motifs is 7. The Bertz CT molecular complexity index is 2780. The summed E-state index contributed by atoms with van der Waals surface area (Å²) in [5, 5.41) is 10.4. The summed E-state index contributed by atoms with van der Waals surface area (Å²) < 4.78 is 6.44. The van der Waals surface area contributed by atoms with Crippen molar-refractivity contribution in [2.45, 2.75) is 11.8 Å². The monoisotopic (exact) mass is 596 g/mol. The maximum absolute atomic E-state index is 6.44. The molecule has 1 heteroatoms. The van der Waals surface area contributed by atoms with E-state index >= 15 is 0 Å². The lowest BCUT2D eigenvalue weighted by Gasteiger charge is -2.28. The standard InChI is InChI=1S/C46H28O/c1-2-13-29-28(10-1)26-40-37-17-7-11-27-12-8-20-39(43(27)37)46(40)45(29)38-23-22-32(30-14-3-4-15-31(30)38)33-24-25-42-44-35(33)18-9-19-36(44)34-16-5-6-21-41(34)47-42/h1-26,40,46H. The van der Waals surface area contributed by atoms with Gasteiger partial charge in [-0.2, -0.15) is 0 Å². The van der Waals surface area contributed by atoms with Crippen LogP contribution in [0.4, 0.5) is 0 Å². The van der Waals surface area contributed by atoms with Gasteiger partial charge in [-0.05, 0) is 88.5 Å². The summed E-state index contributed by atoms with van der Waals surface area (Å²) in [7, 11) is 0. The van der Waals surface area contributed by atoms with Crippen molar-refractivity contribution >= 4 is 44.0 Å². The molecule has 2 unspecified atom stereocenters. The van der Waals surface area contributed by atoms with Crippen molar-refractivity contribution in [3.05, 3.63) is 179 Å². The minimum absolute atomic E-state index is 0.262. The summed E-state index contributed by atoms with van der Waals surface area (Å²) in [5.41, 5.74) is 10.5. The third kappa shape index (κ3) is 3.38. The zero-order chi connectivity index (χ0) is 30.6. The van der Waals surface area contributed by atoms with E-state index in [-0.39, 0.29) is 5.92 Å². The number of benzene rings is 8. The van der Waals surface area contributed by atoms with Gasteiger partial charge in [-0.3, -0.25) is 0 Å². The molecule has 8 aromatic carbocycles. The van der Waals surface area contributed by atoms with Crippen molar-refractivity contribution in [2.24, 2.45) is 0 Å². The Balaban J connectivity index is 1.18. The number of hydrogen-bond acceptors (Lipinski definition) is 1. The van der Waals surface area contributed by atoms with Crippen LogP contribution in [0.5, 0.6) is 11.5 Å². The number of para-hydroxylation sites is 1. The molecule has 0 aromatic heterocycles. The van der Waals surface area contributed by atoms with Crippen molar-refractivity contribution in [2.75, 3.05) is 0 Å². The molecule has 0 fully saturated rings. The molecule has 1 aliphatic heterocycles. The summed E-state index contributed by atoms with van der Waals surface area (Å²) in [6.45, 7) is 0. The van der Waals surface area contributed by atoms with Gasteiger partial charge in [0.25, 0.3) is 0 Å². The fraction of sp³-hybridized carbons (Fsp3) is 0.0435. The molecule has 8 aromatic rings. The third-order valence-electron chi connectivity index (χ3n) is 10.8. The Morgan fingerprint density at radius 2 is 1.06 bits per heavy atom. The minimum Gasteiger partial charge on any atom is -0.456 e. The molecule has 0 spiro atoms. The van der Waals surface area contributed by atoms with E-state index in [2.05, 4.69) is 152 Å². The first-order valence-electron chi connectivity index (χ1n) is 16.5. The molecule has 218 valence electrons. The van der Waals surface area contributed by atoms with Gasteiger partial charge in [0.2, 0.25) is 0 Å². The molecule has 11 rings (SSSR count). The van der Waals surface area contributed by atoms with E-state index in [9.17, 15) is 0 Å². The first-order valence-corrected chi connectivity index (χ1v) is 16.5. The first-order chi connectivity index (χ1) is 23.3. The van der Waals surface area contributed by atoms with Crippen LogP contribution in [0.15, 0.2) is 152 Å². The molecular formula is C46H28O. The molecule has 47 heavy (non-hydrogen) atoms. The van der Waals surface area contributed by atoms with Gasteiger partial charge in [0, 0.05) is 22.8 Å². The minimum atomic E-state index is 0.262. The largest absolute Gasteiger partial charge is 0.456 e. The summed E-state index contributed by atoms with van der Waals surface area (Å²) in [4.78, 5) is 0. The van der Waals surface area contributed by atoms with E-state index in [1.54, 1.807) is 0 Å². The molecule has 0 amide bonds. The zero-order valence-electron chi connectivity index (χ0n) is 25.6. The van der Waals surface area contributed by atoms with Crippen molar-refractivity contribution in [3.8, 4) is 33.8 Å². The SMILES string of the molecule is C1=c2ccccc2=C(c2ccc(-c3ccc4c5c(cccc35)-c3ccccc3O4)c3ccccc23)C2c3cccc4cccc(c34)C12. The highest BCUT2D eigenvalue weighted by atomic mass is 16.5. The molecular weight excluding hydrogens is 569 g/mol. The van der Waals surface area contributed by atoms with Gasteiger partial charge in [0.05, 0.1) is 0 Å². The van der Waals surface area contributed by atoms with E-state index in [4.69, 9.17) is 4.74 Å². The van der Waals surface area contributed by atoms with Gasteiger partial charge in [-0.25, -0.2) is 0 Å². The second-order valence-corrected chi connectivity index (χ2v) is 13.1. The molecule has 0 saturated heterocycles. The van der Waals surface area contributed by atoms with Crippen molar-refractivity contribution in [1.82, 2.24) is 0 Å². The van der Waals surface area contributed by atoms with Crippen molar-refractivity contribution in [1.29, 1.82) is 0 Å². The third-order valence-corrected chi connectivity index (χ3v) is 10.8. The Labute approximate surface area is 272 Å². The average molecular weight is 597 g/mol. The van der Waals surface area contributed by atoms with E-state index in [0.29, 0.717) is 5.92 Å². The molecule has 3 aliphatic rings. The van der Waals surface area contributed by atoms with Gasteiger partial charge in [-0.15, -0.1) is 0 Å². The Kier molecular flexibility index (Phi) is 5.01. The van der Waals surface area contributed by atoms with Gasteiger partial charge >= 0.3 is 0 Å².